The molecule has 0 atom stereocenters. The lowest BCUT2D eigenvalue weighted by Crippen LogP contribution is -2.20. The zero-order chi connectivity index (χ0) is 17.9. The van der Waals surface area contributed by atoms with Gasteiger partial charge in [0.05, 0.1) is 0 Å². The molecule has 1 nitrogen and oxygen atoms in total. The van der Waals surface area contributed by atoms with Crippen LogP contribution in [0.1, 0.15) is 37.5 Å². The van der Waals surface area contributed by atoms with Gasteiger partial charge in [-0.25, -0.2) is 8.78 Å². The van der Waals surface area contributed by atoms with Gasteiger partial charge < -0.3 is 0 Å². The van der Waals surface area contributed by atoms with Crippen molar-refractivity contribution in [2.24, 2.45) is 0 Å². The van der Waals surface area contributed by atoms with E-state index in [-0.39, 0.29) is 5.41 Å². The maximum Gasteiger partial charge on any atom is 0.159 e. The predicted octanol–water partition coefficient (Wildman–Crippen LogP) is 5.41. The highest BCUT2D eigenvalue weighted by Gasteiger charge is 2.13. The van der Waals surface area contributed by atoms with Crippen molar-refractivity contribution in [3.8, 4) is 0 Å². The second kappa shape index (κ2) is 7.27. The highest BCUT2D eigenvalue weighted by molar-refractivity contribution is 5.64. The van der Waals surface area contributed by atoms with Gasteiger partial charge in [-0.15, -0.1) is 0 Å². The van der Waals surface area contributed by atoms with Crippen LogP contribution in [0, 0.1) is 11.6 Å². The first-order chi connectivity index (χ1) is 11.2. The second-order valence-electron chi connectivity index (χ2n) is 7.35. The van der Waals surface area contributed by atoms with Crippen molar-refractivity contribution >= 4 is 5.57 Å². The molecule has 128 valence electrons. The smallest absolute Gasteiger partial charge is 0.159 e. The van der Waals surface area contributed by atoms with Crippen LogP contribution in [0.15, 0.2) is 49.0 Å². The highest BCUT2D eigenvalue weighted by atomic mass is 19.2. The molecular weight excluding hydrogens is 304 g/mol. The Bertz CT molecular complexity index is 712. The van der Waals surface area contributed by atoms with Gasteiger partial charge in [-0.1, -0.05) is 57.7 Å². The number of rotatable bonds is 5. The van der Waals surface area contributed by atoms with Gasteiger partial charge in [-0.3, -0.25) is 4.90 Å². The molecule has 0 saturated carbocycles. The molecule has 0 aliphatic rings. The minimum atomic E-state index is -0.839. The second-order valence-corrected chi connectivity index (χ2v) is 7.35. The third-order valence-electron chi connectivity index (χ3n) is 4.06. The molecule has 0 amide bonds. The van der Waals surface area contributed by atoms with Gasteiger partial charge in [0.15, 0.2) is 11.6 Å². The number of likely N-dealkylation sites (N-methyl/N-ethyl adjacent to an activating group) is 1. The summed E-state index contributed by atoms with van der Waals surface area (Å²) in [6.07, 6.45) is 0. The molecule has 0 unspecified atom stereocenters. The lowest BCUT2D eigenvalue weighted by molar-refractivity contribution is 0.368. The molecule has 0 aliphatic carbocycles. The highest BCUT2D eigenvalue weighted by Crippen LogP contribution is 2.23. The molecule has 0 spiro atoms. The molecule has 0 radical (unpaired) electrons. The fraction of sp³-hybridized carbons (Fsp3) is 0.333. The Kier molecular flexibility index (Phi) is 5.55. The van der Waals surface area contributed by atoms with E-state index < -0.39 is 11.6 Å². The Morgan fingerprint density at radius 1 is 1.00 bits per heavy atom. The lowest BCUT2D eigenvalue weighted by atomic mass is 9.87. The van der Waals surface area contributed by atoms with Gasteiger partial charge in [-0.2, -0.15) is 0 Å². The first kappa shape index (κ1) is 18.3. The molecular formula is C21H25F2N. The zero-order valence-corrected chi connectivity index (χ0v) is 14.9. The molecule has 0 N–H and O–H groups in total. The van der Waals surface area contributed by atoms with Crippen molar-refractivity contribution in [1.82, 2.24) is 4.90 Å². The molecule has 0 fully saturated rings. The lowest BCUT2D eigenvalue weighted by Gasteiger charge is -2.21. The number of halogens is 2. The van der Waals surface area contributed by atoms with Crippen molar-refractivity contribution in [3.63, 3.8) is 0 Å². The van der Waals surface area contributed by atoms with Crippen molar-refractivity contribution in [2.45, 2.75) is 32.7 Å². The van der Waals surface area contributed by atoms with Crippen molar-refractivity contribution in [3.05, 3.63) is 77.4 Å². The third-order valence-corrected chi connectivity index (χ3v) is 4.06. The van der Waals surface area contributed by atoms with Gasteiger partial charge in [0.2, 0.25) is 0 Å². The molecule has 0 bridgehead atoms. The molecule has 3 heteroatoms. The average Bonchev–Trinajstić information content (AvgIpc) is 2.49. The summed E-state index contributed by atoms with van der Waals surface area (Å²) in [5.41, 5.74) is 4.06. The Balaban J connectivity index is 1.98. The molecule has 0 aliphatic heterocycles. The summed E-state index contributed by atoms with van der Waals surface area (Å²) >= 11 is 0. The maximum atomic E-state index is 13.3. The zero-order valence-electron chi connectivity index (χ0n) is 14.9. The standard InChI is InChI=1S/C21H25F2N/c1-15(17-8-11-19(22)20(23)12-17)13-24(5)14-16-6-9-18(10-7-16)21(2,3)4/h6-12H,1,13-14H2,2-5H3. The van der Waals surface area contributed by atoms with E-state index in [9.17, 15) is 8.78 Å². The fourth-order valence-corrected chi connectivity index (χ4v) is 2.61. The summed E-state index contributed by atoms with van der Waals surface area (Å²) in [4.78, 5) is 2.11. The summed E-state index contributed by atoms with van der Waals surface area (Å²) in [5.74, 6) is -1.67. The summed E-state index contributed by atoms with van der Waals surface area (Å²) in [6.45, 7) is 11.9. The maximum absolute atomic E-state index is 13.3. The van der Waals surface area contributed by atoms with E-state index in [1.807, 2.05) is 7.05 Å². The van der Waals surface area contributed by atoms with Crippen molar-refractivity contribution < 1.29 is 8.78 Å². The quantitative estimate of drug-likeness (QED) is 0.709. The summed E-state index contributed by atoms with van der Waals surface area (Å²) in [5, 5.41) is 0. The molecule has 2 rings (SSSR count). The van der Waals surface area contributed by atoms with Crippen LogP contribution in [0.25, 0.3) is 5.57 Å². The van der Waals surface area contributed by atoms with Gasteiger partial charge in [-0.05, 0) is 46.9 Å². The Labute approximate surface area is 143 Å². The Morgan fingerprint density at radius 2 is 1.62 bits per heavy atom. The first-order valence-corrected chi connectivity index (χ1v) is 8.08. The Hall–Kier alpha value is -2.00. The Morgan fingerprint density at radius 3 is 2.17 bits per heavy atom. The molecule has 24 heavy (non-hydrogen) atoms. The third kappa shape index (κ3) is 4.75. The number of nitrogens with zero attached hydrogens (tertiary/aromatic N) is 1. The van der Waals surface area contributed by atoms with Crippen LogP contribution in [0.3, 0.4) is 0 Å². The molecule has 2 aromatic carbocycles. The van der Waals surface area contributed by atoms with Crippen molar-refractivity contribution in [1.29, 1.82) is 0 Å². The normalized spacial score (nSPS) is 11.8. The van der Waals surface area contributed by atoms with Gasteiger partial charge >= 0.3 is 0 Å². The number of benzene rings is 2. The molecule has 0 saturated heterocycles. The van der Waals surface area contributed by atoms with E-state index in [0.717, 1.165) is 18.2 Å². The minimum Gasteiger partial charge on any atom is -0.298 e. The van der Waals surface area contributed by atoms with Crippen LogP contribution in [0.4, 0.5) is 8.78 Å². The van der Waals surface area contributed by atoms with Crippen LogP contribution in [-0.4, -0.2) is 18.5 Å². The SMILES string of the molecule is C=C(CN(C)Cc1ccc(C(C)(C)C)cc1)c1ccc(F)c(F)c1. The molecule has 0 heterocycles. The van der Waals surface area contributed by atoms with Gasteiger partial charge in [0, 0.05) is 13.1 Å². The number of hydrogen-bond acceptors (Lipinski definition) is 1. The van der Waals surface area contributed by atoms with E-state index in [2.05, 4.69) is 56.5 Å². The summed E-state index contributed by atoms with van der Waals surface area (Å²) < 4.78 is 26.3. The molecule has 0 aromatic heterocycles. The van der Waals surface area contributed by atoms with E-state index in [4.69, 9.17) is 0 Å². The molecule has 2 aromatic rings. The van der Waals surface area contributed by atoms with Crippen LogP contribution < -0.4 is 0 Å². The predicted molar refractivity (Wildman–Crippen MR) is 96.9 cm³/mol. The van der Waals surface area contributed by atoms with E-state index in [1.165, 1.54) is 17.2 Å². The average molecular weight is 329 g/mol. The number of hydrogen-bond donors (Lipinski definition) is 0. The van der Waals surface area contributed by atoms with E-state index in [1.54, 1.807) is 6.07 Å². The fourth-order valence-electron chi connectivity index (χ4n) is 2.61. The first-order valence-electron chi connectivity index (χ1n) is 8.08. The monoisotopic (exact) mass is 329 g/mol. The largest absolute Gasteiger partial charge is 0.298 e. The van der Waals surface area contributed by atoms with Crippen molar-refractivity contribution in [2.75, 3.05) is 13.6 Å². The topological polar surface area (TPSA) is 3.24 Å². The van der Waals surface area contributed by atoms with E-state index >= 15 is 0 Å². The summed E-state index contributed by atoms with van der Waals surface area (Å²) in [6, 6.07) is 12.5. The van der Waals surface area contributed by atoms with Crippen LogP contribution in [0.5, 0.6) is 0 Å². The van der Waals surface area contributed by atoms with Gasteiger partial charge in [0.1, 0.15) is 0 Å². The van der Waals surface area contributed by atoms with E-state index in [0.29, 0.717) is 12.1 Å². The summed E-state index contributed by atoms with van der Waals surface area (Å²) in [7, 11) is 1.99. The van der Waals surface area contributed by atoms with Crippen LogP contribution >= 0.6 is 0 Å². The van der Waals surface area contributed by atoms with Gasteiger partial charge in [0.25, 0.3) is 0 Å². The van der Waals surface area contributed by atoms with Crippen LogP contribution in [0.2, 0.25) is 0 Å². The van der Waals surface area contributed by atoms with Crippen LogP contribution in [-0.2, 0) is 12.0 Å². The minimum absolute atomic E-state index is 0.144.